The van der Waals surface area contributed by atoms with Gasteiger partial charge >= 0.3 is 6.03 Å². The van der Waals surface area contributed by atoms with E-state index in [2.05, 4.69) is 10.6 Å². The van der Waals surface area contributed by atoms with Gasteiger partial charge < -0.3 is 10.6 Å². The molecule has 0 spiro atoms. The summed E-state index contributed by atoms with van der Waals surface area (Å²) >= 11 is 1.27. The van der Waals surface area contributed by atoms with Crippen LogP contribution < -0.4 is 10.6 Å². The highest BCUT2D eigenvalue weighted by Gasteiger charge is 2.51. The molecule has 1 saturated heterocycles. The molecule has 0 saturated carbocycles. The molecular weight excluding hydrogens is 407 g/mol. The molecule has 1 atom stereocenters. The van der Waals surface area contributed by atoms with E-state index in [4.69, 9.17) is 5.26 Å². The molecule has 2 N–H and O–H groups in total. The molecule has 1 heterocycles. The molecule has 7 nitrogen and oxygen atoms in total. The first kappa shape index (κ1) is 21.3. The Morgan fingerprint density at radius 3 is 2.60 bits per heavy atom. The van der Waals surface area contributed by atoms with Gasteiger partial charge in [0.05, 0.1) is 17.5 Å². The predicted octanol–water partition coefficient (Wildman–Crippen LogP) is 3.24. The van der Waals surface area contributed by atoms with Gasteiger partial charge in [0.1, 0.15) is 17.9 Å². The van der Waals surface area contributed by atoms with Crippen LogP contribution in [0.3, 0.4) is 0 Å². The van der Waals surface area contributed by atoms with Crippen LogP contribution in [0.25, 0.3) is 0 Å². The second-order valence-corrected chi connectivity index (χ2v) is 7.60. The van der Waals surface area contributed by atoms with Crippen molar-refractivity contribution in [3.63, 3.8) is 0 Å². The largest absolute Gasteiger partial charge is 0.325 e. The van der Waals surface area contributed by atoms with Crippen LogP contribution in [-0.2, 0) is 15.1 Å². The van der Waals surface area contributed by atoms with Crippen LogP contribution in [0.15, 0.2) is 53.4 Å². The van der Waals surface area contributed by atoms with Crippen LogP contribution in [0.1, 0.15) is 18.9 Å². The minimum Gasteiger partial charge on any atom is -0.324 e. The number of carbonyl (C=O) groups is 3. The lowest BCUT2D eigenvalue weighted by Gasteiger charge is -2.25. The Balaban J connectivity index is 1.77. The first-order chi connectivity index (χ1) is 14.4. The fraction of sp³-hybridized carbons (Fsp3) is 0.238. The third-order valence-electron chi connectivity index (χ3n) is 4.80. The van der Waals surface area contributed by atoms with Crippen molar-refractivity contribution in [3.05, 3.63) is 59.9 Å². The van der Waals surface area contributed by atoms with Crippen molar-refractivity contribution in [3.8, 4) is 6.07 Å². The Morgan fingerprint density at radius 1 is 1.23 bits per heavy atom. The molecule has 30 heavy (non-hydrogen) atoms. The number of nitrogens with one attached hydrogen (secondary N) is 2. The van der Waals surface area contributed by atoms with E-state index in [1.165, 1.54) is 36.0 Å². The lowest BCUT2D eigenvalue weighted by molar-refractivity contribution is -0.134. The molecule has 0 bridgehead atoms. The quantitative estimate of drug-likeness (QED) is 0.523. The Labute approximate surface area is 177 Å². The summed E-state index contributed by atoms with van der Waals surface area (Å²) in [6.45, 7) is 1.26. The van der Waals surface area contributed by atoms with Gasteiger partial charge in [0.15, 0.2) is 0 Å². The molecule has 2 aromatic carbocycles. The maximum Gasteiger partial charge on any atom is 0.325 e. The minimum atomic E-state index is -1.34. The topological polar surface area (TPSA) is 102 Å². The summed E-state index contributed by atoms with van der Waals surface area (Å²) in [5.74, 6) is -1.35. The van der Waals surface area contributed by atoms with E-state index in [0.29, 0.717) is 16.1 Å². The van der Waals surface area contributed by atoms with Crippen LogP contribution in [0.4, 0.5) is 14.9 Å². The zero-order chi connectivity index (χ0) is 21.7. The van der Waals surface area contributed by atoms with E-state index in [-0.39, 0.29) is 12.2 Å². The summed E-state index contributed by atoms with van der Waals surface area (Å²) in [5.41, 5.74) is -0.396. The van der Waals surface area contributed by atoms with Crippen molar-refractivity contribution in [2.45, 2.75) is 23.8 Å². The van der Waals surface area contributed by atoms with E-state index >= 15 is 0 Å². The number of benzene rings is 2. The van der Waals surface area contributed by atoms with Crippen LogP contribution in [-0.4, -0.2) is 35.0 Å². The number of halogens is 1. The van der Waals surface area contributed by atoms with Crippen molar-refractivity contribution in [2.75, 3.05) is 17.6 Å². The average Bonchev–Trinajstić information content (AvgIpc) is 2.98. The second kappa shape index (κ2) is 8.97. The number of para-hydroxylation sites is 1. The number of thioether (sulfide) groups is 1. The van der Waals surface area contributed by atoms with E-state index in [1.54, 1.807) is 31.2 Å². The monoisotopic (exact) mass is 426 g/mol. The smallest absolute Gasteiger partial charge is 0.324 e. The maximum absolute atomic E-state index is 13.3. The van der Waals surface area contributed by atoms with Gasteiger partial charge in [0.25, 0.3) is 5.91 Å². The minimum absolute atomic E-state index is 0.219. The summed E-state index contributed by atoms with van der Waals surface area (Å²) in [5, 5.41) is 14.1. The molecule has 1 fully saturated rings. The van der Waals surface area contributed by atoms with Gasteiger partial charge in [-0.1, -0.05) is 31.2 Å². The van der Waals surface area contributed by atoms with Gasteiger partial charge in [-0.15, -0.1) is 11.8 Å². The predicted molar refractivity (Wildman–Crippen MR) is 110 cm³/mol. The van der Waals surface area contributed by atoms with Gasteiger partial charge in [-0.05, 0) is 36.2 Å². The molecule has 1 unspecified atom stereocenters. The van der Waals surface area contributed by atoms with E-state index in [9.17, 15) is 18.8 Å². The summed E-state index contributed by atoms with van der Waals surface area (Å²) < 4.78 is 13.3. The Hall–Kier alpha value is -3.38. The maximum atomic E-state index is 13.3. The zero-order valence-electron chi connectivity index (χ0n) is 16.1. The lowest BCUT2D eigenvalue weighted by Crippen LogP contribution is -2.44. The number of carbonyl (C=O) groups excluding carboxylic acids is 3. The van der Waals surface area contributed by atoms with E-state index < -0.39 is 35.7 Å². The number of imide groups is 1. The Kier molecular flexibility index (Phi) is 6.37. The third kappa shape index (κ3) is 4.14. The highest BCUT2D eigenvalue weighted by atomic mass is 32.2. The first-order valence-corrected chi connectivity index (χ1v) is 10.2. The summed E-state index contributed by atoms with van der Waals surface area (Å²) in [4.78, 5) is 39.7. The van der Waals surface area contributed by atoms with Crippen LogP contribution >= 0.6 is 11.8 Å². The van der Waals surface area contributed by atoms with Gasteiger partial charge in [-0.3, -0.25) is 14.5 Å². The molecule has 1 aliphatic rings. The van der Waals surface area contributed by atoms with Crippen LogP contribution in [0.5, 0.6) is 0 Å². The second-order valence-electron chi connectivity index (χ2n) is 6.58. The molecule has 0 aromatic heterocycles. The number of rotatable bonds is 7. The van der Waals surface area contributed by atoms with Crippen LogP contribution in [0.2, 0.25) is 0 Å². The van der Waals surface area contributed by atoms with Gasteiger partial charge in [0.2, 0.25) is 5.91 Å². The summed E-state index contributed by atoms with van der Waals surface area (Å²) in [7, 11) is 0. The van der Waals surface area contributed by atoms with Crippen molar-refractivity contribution in [1.82, 2.24) is 10.2 Å². The Bertz CT molecular complexity index is 1020. The third-order valence-corrected chi connectivity index (χ3v) is 5.74. The SMILES string of the molecule is CCC1(c2ccc(F)cc2)NC(=O)N(CC(=O)Nc2ccccc2SCC#N)C1=O. The number of amides is 4. The summed E-state index contributed by atoms with van der Waals surface area (Å²) in [6.07, 6.45) is 0.245. The lowest BCUT2D eigenvalue weighted by atomic mass is 9.87. The molecule has 4 amide bonds. The Morgan fingerprint density at radius 2 is 1.93 bits per heavy atom. The van der Waals surface area contributed by atoms with E-state index in [0.717, 1.165) is 4.90 Å². The molecule has 154 valence electrons. The van der Waals surface area contributed by atoms with Gasteiger partial charge in [-0.2, -0.15) is 5.26 Å². The van der Waals surface area contributed by atoms with Crippen molar-refractivity contribution in [1.29, 1.82) is 5.26 Å². The normalized spacial score (nSPS) is 18.1. The van der Waals surface area contributed by atoms with Crippen LogP contribution in [0, 0.1) is 17.1 Å². The number of hydrogen-bond acceptors (Lipinski definition) is 5. The standard InChI is InChI=1S/C21H19FN4O3S/c1-2-21(14-7-9-15(22)10-8-14)19(28)26(20(29)25-21)13-18(27)24-16-5-3-4-6-17(16)30-12-11-23/h3-10H,2,12-13H2,1H3,(H,24,27)(H,25,29). The fourth-order valence-corrected chi connectivity index (χ4v) is 3.95. The number of anilines is 1. The van der Waals surface area contributed by atoms with Crippen molar-refractivity contribution < 1.29 is 18.8 Å². The molecule has 9 heteroatoms. The van der Waals surface area contributed by atoms with Crippen molar-refractivity contribution >= 4 is 35.3 Å². The highest BCUT2D eigenvalue weighted by molar-refractivity contribution is 7.99. The zero-order valence-corrected chi connectivity index (χ0v) is 17.0. The number of hydrogen-bond donors (Lipinski definition) is 2. The average molecular weight is 426 g/mol. The molecule has 2 aromatic rings. The summed E-state index contributed by atoms with van der Waals surface area (Å²) in [6, 6.07) is 13.6. The fourth-order valence-electron chi connectivity index (χ4n) is 3.28. The highest BCUT2D eigenvalue weighted by Crippen LogP contribution is 2.33. The number of nitrogens with zero attached hydrogens (tertiary/aromatic N) is 2. The van der Waals surface area contributed by atoms with E-state index in [1.807, 2.05) is 6.07 Å². The van der Waals surface area contributed by atoms with Crippen molar-refractivity contribution in [2.24, 2.45) is 0 Å². The number of urea groups is 1. The van der Waals surface area contributed by atoms with Gasteiger partial charge in [0, 0.05) is 4.90 Å². The first-order valence-electron chi connectivity index (χ1n) is 9.20. The van der Waals surface area contributed by atoms with Gasteiger partial charge in [-0.25, -0.2) is 9.18 Å². The molecule has 0 aliphatic carbocycles. The molecule has 0 radical (unpaired) electrons. The number of nitriles is 1. The molecule has 3 rings (SSSR count). The molecule has 1 aliphatic heterocycles. The molecular formula is C21H19FN4O3S.